The van der Waals surface area contributed by atoms with Crippen molar-refractivity contribution in [2.45, 2.75) is 17.3 Å². The van der Waals surface area contributed by atoms with Gasteiger partial charge in [0, 0.05) is 27.2 Å². The quantitative estimate of drug-likeness (QED) is 0.331. The van der Waals surface area contributed by atoms with Gasteiger partial charge in [-0.2, -0.15) is 0 Å². The Labute approximate surface area is 200 Å². The number of hydrogen-bond acceptors (Lipinski definition) is 8. The molecular weight excluding hydrogens is 475 g/mol. The fraction of sp³-hybridized carbons (Fsp3) is 0.400. The van der Waals surface area contributed by atoms with Crippen LogP contribution in [-0.2, 0) is 11.3 Å². The maximum absolute atomic E-state index is 12.1. The molecule has 1 N–H and O–H groups in total. The molecule has 1 aromatic carbocycles. The Kier molecular flexibility index (Phi) is 8.74. The van der Waals surface area contributed by atoms with Crippen molar-refractivity contribution in [2.75, 3.05) is 44.9 Å². The summed E-state index contributed by atoms with van der Waals surface area (Å²) in [6, 6.07) is 5.66. The first-order valence-electron chi connectivity index (χ1n) is 9.64. The highest BCUT2D eigenvalue weighted by Gasteiger charge is 2.11. The number of halogens is 2. The smallest absolute Gasteiger partial charge is 0.230 e. The topological polar surface area (TPSA) is 74.2 Å². The normalized spacial score (nSPS) is 11.3. The maximum Gasteiger partial charge on any atom is 0.230 e. The lowest BCUT2D eigenvalue weighted by Gasteiger charge is -2.17. The number of fused-ring (bicyclic) bond motifs is 1. The molecule has 0 fully saturated rings. The molecule has 0 saturated heterocycles. The summed E-state index contributed by atoms with van der Waals surface area (Å²) < 4.78 is 0.816. The second-order valence-electron chi connectivity index (χ2n) is 7.21. The summed E-state index contributed by atoms with van der Waals surface area (Å²) in [6.07, 6.45) is 2.57. The van der Waals surface area contributed by atoms with E-state index < -0.39 is 0 Å². The first-order valence-corrected chi connectivity index (χ1v) is 12.2. The van der Waals surface area contributed by atoms with Crippen molar-refractivity contribution in [1.82, 2.24) is 25.2 Å². The number of carbonyl (C=O) groups is 1. The minimum atomic E-state index is -0.00328. The van der Waals surface area contributed by atoms with Crippen LogP contribution in [0.3, 0.4) is 0 Å². The lowest BCUT2D eigenvalue weighted by molar-refractivity contribution is -0.118. The monoisotopic (exact) mass is 498 g/mol. The summed E-state index contributed by atoms with van der Waals surface area (Å²) in [4.78, 5) is 30.2. The standard InChI is InChI=1S/C20H24Cl2N6OS2/c1-27(2)19-24-10-16-18(26-19)31-20(25-16)30-12-17(29)23-7-4-8-28(3)11-13-5-6-14(21)15(22)9-13/h5-6,9-10H,4,7-8,11-12H2,1-3H3,(H,23,29). The number of hydrogen-bond donors (Lipinski definition) is 1. The SMILES string of the molecule is CN(CCCNC(=O)CSc1nc2cnc(N(C)C)nc2s1)Cc1ccc(Cl)c(Cl)c1. The highest BCUT2D eigenvalue weighted by molar-refractivity contribution is 8.01. The number of benzene rings is 1. The van der Waals surface area contributed by atoms with E-state index >= 15 is 0 Å². The third-order valence-electron chi connectivity index (χ3n) is 4.32. The van der Waals surface area contributed by atoms with Gasteiger partial charge in [0.2, 0.25) is 11.9 Å². The Morgan fingerprint density at radius 1 is 1.19 bits per heavy atom. The predicted molar refractivity (Wildman–Crippen MR) is 131 cm³/mol. The molecule has 0 bridgehead atoms. The zero-order valence-corrected chi connectivity index (χ0v) is 20.7. The van der Waals surface area contributed by atoms with Crippen LogP contribution in [0.4, 0.5) is 5.95 Å². The molecule has 0 atom stereocenters. The van der Waals surface area contributed by atoms with Crippen LogP contribution in [0.2, 0.25) is 10.0 Å². The van der Waals surface area contributed by atoms with Gasteiger partial charge in [-0.05, 0) is 37.7 Å². The summed E-state index contributed by atoms with van der Waals surface area (Å²) in [6.45, 7) is 2.26. The second-order valence-corrected chi connectivity index (χ2v) is 10.2. The Morgan fingerprint density at radius 2 is 2.00 bits per heavy atom. The molecule has 0 saturated carbocycles. The number of thiazole rings is 1. The van der Waals surface area contributed by atoms with Gasteiger partial charge in [0.1, 0.15) is 10.3 Å². The minimum Gasteiger partial charge on any atom is -0.355 e. The zero-order chi connectivity index (χ0) is 22.4. The van der Waals surface area contributed by atoms with E-state index in [0.717, 1.165) is 39.8 Å². The molecule has 31 heavy (non-hydrogen) atoms. The van der Waals surface area contributed by atoms with Gasteiger partial charge in [-0.25, -0.2) is 15.0 Å². The maximum atomic E-state index is 12.1. The Morgan fingerprint density at radius 3 is 2.74 bits per heavy atom. The summed E-state index contributed by atoms with van der Waals surface area (Å²) >= 11 is 14.9. The van der Waals surface area contributed by atoms with Crippen molar-refractivity contribution in [1.29, 1.82) is 0 Å². The van der Waals surface area contributed by atoms with E-state index in [-0.39, 0.29) is 5.91 Å². The van der Waals surface area contributed by atoms with Gasteiger partial charge < -0.3 is 15.1 Å². The highest BCUT2D eigenvalue weighted by Crippen LogP contribution is 2.28. The van der Waals surface area contributed by atoms with Crippen molar-refractivity contribution in [3.63, 3.8) is 0 Å². The largest absolute Gasteiger partial charge is 0.355 e. The molecular formula is C20H24Cl2N6OS2. The lowest BCUT2D eigenvalue weighted by Crippen LogP contribution is -2.29. The van der Waals surface area contributed by atoms with E-state index in [0.29, 0.717) is 28.3 Å². The Hall–Kier alpha value is -1.65. The van der Waals surface area contributed by atoms with Crippen LogP contribution in [0.5, 0.6) is 0 Å². The van der Waals surface area contributed by atoms with E-state index in [1.165, 1.54) is 23.1 Å². The molecule has 0 spiro atoms. The first kappa shape index (κ1) is 24.0. The van der Waals surface area contributed by atoms with Gasteiger partial charge in [-0.1, -0.05) is 52.4 Å². The van der Waals surface area contributed by atoms with Crippen LogP contribution < -0.4 is 10.2 Å². The first-order chi connectivity index (χ1) is 14.8. The molecule has 0 unspecified atom stereocenters. The molecule has 0 radical (unpaired) electrons. The van der Waals surface area contributed by atoms with Crippen LogP contribution in [0, 0.1) is 0 Å². The van der Waals surface area contributed by atoms with Crippen LogP contribution in [-0.4, -0.2) is 65.7 Å². The summed E-state index contributed by atoms with van der Waals surface area (Å²) in [7, 11) is 5.83. The molecule has 0 aliphatic carbocycles. The molecule has 3 aromatic rings. The number of rotatable bonds is 10. The molecule has 1 amide bonds. The van der Waals surface area contributed by atoms with Crippen LogP contribution in [0.1, 0.15) is 12.0 Å². The predicted octanol–water partition coefficient (Wildman–Crippen LogP) is 4.19. The molecule has 0 aliphatic heterocycles. The summed E-state index contributed by atoms with van der Waals surface area (Å²) in [5.41, 5.74) is 1.86. The third kappa shape index (κ3) is 7.18. The van der Waals surface area contributed by atoms with Crippen LogP contribution in [0.25, 0.3) is 10.3 Å². The second kappa shape index (κ2) is 11.3. The van der Waals surface area contributed by atoms with Crippen molar-refractivity contribution >= 4 is 68.5 Å². The number of amides is 1. The zero-order valence-electron chi connectivity index (χ0n) is 17.6. The van der Waals surface area contributed by atoms with Gasteiger partial charge in [-0.3, -0.25) is 4.79 Å². The number of thioether (sulfide) groups is 1. The summed E-state index contributed by atoms with van der Waals surface area (Å²) in [5, 5.41) is 4.09. The number of anilines is 1. The van der Waals surface area contributed by atoms with E-state index in [4.69, 9.17) is 23.2 Å². The third-order valence-corrected chi connectivity index (χ3v) is 7.17. The van der Waals surface area contributed by atoms with Crippen LogP contribution in [0.15, 0.2) is 28.7 Å². The molecule has 3 rings (SSSR count). The lowest BCUT2D eigenvalue weighted by atomic mass is 10.2. The fourth-order valence-electron chi connectivity index (χ4n) is 2.77. The minimum absolute atomic E-state index is 0.00328. The van der Waals surface area contributed by atoms with E-state index in [1.54, 1.807) is 6.20 Å². The molecule has 11 heteroatoms. The van der Waals surface area contributed by atoms with Crippen molar-refractivity contribution in [3.8, 4) is 0 Å². The molecule has 7 nitrogen and oxygen atoms in total. The molecule has 2 heterocycles. The number of nitrogens with one attached hydrogen (secondary N) is 1. The van der Waals surface area contributed by atoms with Crippen molar-refractivity contribution in [3.05, 3.63) is 40.0 Å². The van der Waals surface area contributed by atoms with Gasteiger partial charge in [-0.15, -0.1) is 0 Å². The van der Waals surface area contributed by atoms with E-state index in [9.17, 15) is 4.79 Å². The van der Waals surface area contributed by atoms with E-state index in [1.807, 2.05) is 44.2 Å². The van der Waals surface area contributed by atoms with Crippen molar-refractivity contribution in [2.24, 2.45) is 0 Å². The Balaban J connectivity index is 1.36. The Bertz CT molecular complexity index is 1050. The average Bonchev–Trinajstić information content (AvgIpc) is 3.14. The van der Waals surface area contributed by atoms with Gasteiger partial charge in [0.15, 0.2) is 4.34 Å². The van der Waals surface area contributed by atoms with Gasteiger partial charge in [0.25, 0.3) is 0 Å². The average molecular weight is 499 g/mol. The van der Waals surface area contributed by atoms with Crippen molar-refractivity contribution < 1.29 is 4.79 Å². The fourth-order valence-corrected chi connectivity index (χ4v) is 4.90. The molecule has 2 aromatic heterocycles. The number of carbonyl (C=O) groups excluding carboxylic acids is 1. The van der Waals surface area contributed by atoms with E-state index in [2.05, 4.69) is 25.2 Å². The number of aromatic nitrogens is 3. The summed E-state index contributed by atoms with van der Waals surface area (Å²) in [5.74, 6) is 0.971. The highest BCUT2D eigenvalue weighted by atomic mass is 35.5. The van der Waals surface area contributed by atoms with Crippen LogP contribution >= 0.6 is 46.3 Å². The number of nitrogens with zero attached hydrogens (tertiary/aromatic N) is 5. The van der Waals surface area contributed by atoms with Gasteiger partial charge in [0.05, 0.1) is 22.0 Å². The molecule has 0 aliphatic rings. The van der Waals surface area contributed by atoms with Gasteiger partial charge >= 0.3 is 0 Å². The molecule has 166 valence electrons.